The highest BCUT2D eigenvalue weighted by Crippen LogP contribution is 2.27. The van der Waals surface area contributed by atoms with Gasteiger partial charge in [-0.15, -0.1) is 0 Å². The van der Waals surface area contributed by atoms with Gasteiger partial charge in [-0.2, -0.15) is 0 Å². The van der Waals surface area contributed by atoms with Gasteiger partial charge in [-0.25, -0.2) is 0 Å². The third-order valence-electron chi connectivity index (χ3n) is 3.31. The largest absolute Gasteiger partial charge is 0.370 e. The van der Waals surface area contributed by atoms with Crippen LogP contribution < -0.4 is 5.73 Å². The number of guanidine groups is 1. The summed E-state index contributed by atoms with van der Waals surface area (Å²) in [4.78, 5) is 6.70. The van der Waals surface area contributed by atoms with Gasteiger partial charge in [-0.05, 0) is 19.3 Å². The van der Waals surface area contributed by atoms with E-state index in [4.69, 9.17) is 5.73 Å². The second kappa shape index (κ2) is 3.56. The molecule has 1 aliphatic heterocycles. The zero-order valence-corrected chi connectivity index (χ0v) is 8.37. The zero-order valence-electron chi connectivity index (χ0n) is 8.37. The van der Waals surface area contributed by atoms with Gasteiger partial charge in [0.15, 0.2) is 5.96 Å². The molecule has 1 unspecified atom stereocenters. The van der Waals surface area contributed by atoms with Crippen LogP contribution in [0.2, 0.25) is 0 Å². The van der Waals surface area contributed by atoms with Gasteiger partial charge in [0.2, 0.25) is 0 Å². The molecule has 3 nitrogen and oxygen atoms in total. The lowest BCUT2D eigenvalue weighted by atomic mass is 10.1. The molecule has 0 spiro atoms. The Hall–Kier alpha value is -0.730. The van der Waals surface area contributed by atoms with Crippen molar-refractivity contribution < 1.29 is 0 Å². The van der Waals surface area contributed by atoms with Crippen molar-refractivity contribution in [2.24, 2.45) is 10.7 Å². The fourth-order valence-corrected chi connectivity index (χ4v) is 2.55. The van der Waals surface area contributed by atoms with E-state index >= 15 is 0 Å². The Morgan fingerprint density at radius 3 is 2.77 bits per heavy atom. The van der Waals surface area contributed by atoms with Crippen molar-refractivity contribution in [3.63, 3.8) is 0 Å². The first-order valence-electron chi connectivity index (χ1n) is 5.41. The molecule has 0 saturated heterocycles. The minimum atomic E-state index is 0.586. The molecule has 0 amide bonds. The molecule has 1 aliphatic carbocycles. The Labute approximate surface area is 80.0 Å². The average Bonchev–Trinajstić information content (AvgIpc) is 2.72. The summed E-state index contributed by atoms with van der Waals surface area (Å²) in [6, 6.07) is 1.28. The van der Waals surface area contributed by atoms with Gasteiger partial charge in [0.25, 0.3) is 0 Å². The van der Waals surface area contributed by atoms with Gasteiger partial charge < -0.3 is 10.6 Å². The molecule has 2 N–H and O–H groups in total. The second-order valence-corrected chi connectivity index (χ2v) is 4.11. The van der Waals surface area contributed by atoms with Crippen molar-refractivity contribution in [2.45, 2.75) is 51.1 Å². The summed E-state index contributed by atoms with van der Waals surface area (Å²) >= 11 is 0. The quantitative estimate of drug-likeness (QED) is 0.698. The average molecular weight is 181 g/mol. The lowest BCUT2D eigenvalue weighted by Crippen LogP contribution is -2.46. The highest BCUT2D eigenvalue weighted by Gasteiger charge is 2.32. The molecule has 0 aromatic heterocycles. The maximum Gasteiger partial charge on any atom is 0.191 e. The van der Waals surface area contributed by atoms with Crippen molar-refractivity contribution in [3.8, 4) is 0 Å². The van der Waals surface area contributed by atoms with E-state index in [1.807, 2.05) is 0 Å². The molecule has 0 aromatic rings. The van der Waals surface area contributed by atoms with Gasteiger partial charge in [-0.3, -0.25) is 4.99 Å². The first-order valence-corrected chi connectivity index (χ1v) is 5.41. The predicted octanol–water partition coefficient (Wildman–Crippen LogP) is 1.34. The van der Waals surface area contributed by atoms with Crippen LogP contribution in [-0.4, -0.2) is 29.5 Å². The maximum absolute atomic E-state index is 5.90. The number of hydrogen-bond donors (Lipinski definition) is 1. The minimum absolute atomic E-state index is 0.586. The van der Waals surface area contributed by atoms with E-state index in [0.717, 1.165) is 12.5 Å². The molecule has 1 fully saturated rings. The Morgan fingerprint density at radius 1 is 1.46 bits per heavy atom. The van der Waals surface area contributed by atoms with Crippen molar-refractivity contribution in [2.75, 3.05) is 6.54 Å². The Morgan fingerprint density at radius 2 is 2.15 bits per heavy atom. The maximum atomic E-state index is 5.90. The number of aliphatic imine (C=N–C) groups is 1. The van der Waals surface area contributed by atoms with Gasteiger partial charge in [0, 0.05) is 6.04 Å². The van der Waals surface area contributed by atoms with Gasteiger partial charge in [0.05, 0.1) is 12.6 Å². The Kier molecular flexibility index (Phi) is 2.42. The topological polar surface area (TPSA) is 41.6 Å². The molecule has 74 valence electrons. The molecule has 0 radical (unpaired) electrons. The van der Waals surface area contributed by atoms with E-state index in [1.54, 1.807) is 0 Å². The minimum Gasteiger partial charge on any atom is -0.370 e. The lowest BCUT2D eigenvalue weighted by Gasteiger charge is -2.31. The standard InChI is InChI=1S/C10H19N3/c1-2-8-7-12-10(11)13(8)9-5-3-4-6-9/h8-9H,2-7H2,1H3,(H2,11,12). The van der Waals surface area contributed by atoms with Gasteiger partial charge in [-0.1, -0.05) is 19.8 Å². The monoisotopic (exact) mass is 181 g/mol. The van der Waals surface area contributed by atoms with Crippen LogP contribution in [0, 0.1) is 0 Å². The van der Waals surface area contributed by atoms with Crippen LogP contribution in [-0.2, 0) is 0 Å². The highest BCUT2D eigenvalue weighted by atomic mass is 15.3. The predicted molar refractivity (Wildman–Crippen MR) is 54.7 cm³/mol. The molecule has 1 atom stereocenters. The van der Waals surface area contributed by atoms with Crippen LogP contribution in [0.15, 0.2) is 4.99 Å². The van der Waals surface area contributed by atoms with Gasteiger partial charge >= 0.3 is 0 Å². The molecule has 0 aromatic carbocycles. The zero-order chi connectivity index (χ0) is 9.26. The number of rotatable bonds is 2. The van der Waals surface area contributed by atoms with Crippen molar-refractivity contribution in [1.82, 2.24) is 4.90 Å². The summed E-state index contributed by atoms with van der Waals surface area (Å²) in [6.07, 6.45) is 6.52. The molecule has 3 heteroatoms. The van der Waals surface area contributed by atoms with Crippen molar-refractivity contribution in [1.29, 1.82) is 0 Å². The molecule has 1 heterocycles. The molecule has 1 saturated carbocycles. The first kappa shape index (κ1) is 8.85. The van der Waals surface area contributed by atoms with Crippen LogP contribution in [0.1, 0.15) is 39.0 Å². The van der Waals surface area contributed by atoms with Crippen LogP contribution in [0.5, 0.6) is 0 Å². The SMILES string of the molecule is CCC1CN=C(N)N1C1CCCC1. The van der Waals surface area contributed by atoms with Crippen LogP contribution in [0.4, 0.5) is 0 Å². The van der Waals surface area contributed by atoms with Gasteiger partial charge in [0.1, 0.15) is 0 Å². The molecule has 2 rings (SSSR count). The molecular weight excluding hydrogens is 162 g/mol. The Balaban J connectivity index is 2.05. The van der Waals surface area contributed by atoms with E-state index in [2.05, 4.69) is 16.8 Å². The number of hydrogen-bond acceptors (Lipinski definition) is 3. The Bertz CT molecular complexity index is 206. The summed E-state index contributed by atoms with van der Waals surface area (Å²) in [6.45, 7) is 3.14. The van der Waals surface area contributed by atoms with E-state index in [0.29, 0.717) is 12.1 Å². The third-order valence-corrected chi connectivity index (χ3v) is 3.31. The van der Waals surface area contributed by atoms with E-state index in [-0.39, 0.29) is 0 Å². The third kappa shape index (κ3) is 1.52. The first-order chi connectivity index (χ1) is 6.33. The van der Waals surface area contributed by atoms with Crippen LogP contribution >= 0.6 is 0 Å². The number of nitrogens with two attached hydrogens (primary N) is 1. The van der Waals surface area contributed by atoms with E-state index in [1.165, 1.54) is 32.1 Å². The second-order valence-electron chi connectivity index (χ2n) is 4.11. The normalized spacial score (nSPS) is 29.8. The summed E-state index contributed by atoms with van der Waals surface area (Å²) in [7, 11) is 0. The summed E-state index contributed by atoms with van der Waals surface area (Å²) in [5, 5.41) is 0. The summed E-state index contributed by atoms with van der Waals surface area (Å²) in [5.74, 6) is 0.791. The van der Waals surface area contributed by atoms with E-state index < -0.39 is 0 Å². The van der Waals surface area contributed by atoms with Crippen LogP contribution in [0.25, 0.3) is 0 Å². The van der Waals surface area contributed by atoms with Crippen molar-refractivity contribution >= 4 is 5.96 Å². The van der Waals surface area contributed by atoms with E-state index in [9.17, 15) is 0 Å². The fraction of sp³-hybridized carbons (Fsp3) is 0.900. The smallest absolute Gasteiger partial charge is 0.191 e. The summed E-state index contributed by atoms with van der Waals surface area (Å²) in [5.41, 5.74) is 5.90. The highest BCUT2D eigenvalue weighted by molar-refractivity contribution is 5.80. The molecule has 13 heavy (non-hydrogen) atoms. The fourth-order valence-electron chi connectivity index (χ4n) is 2.55. The molecule has 2 aliphatic rings. The molecule has 0 bridgehead atoms. The summed E-state index contributed by atoms with van der Waals surface area (Å²) < 4.78 is 0. The molecular formula is C10H19N3. The van der Waals surface area contributed by atoms with Crippen LogP contribution in [0.3, 0.4) is 0 Å². The van der Waals surface area contributed by atoms with Crippen molar-refractivity contribution in [3.05, 3.63) is 0 Å². The number of nitrogens with zero attached hydrogens (tertiary/aromatic N) is 2. The lowest BCUT2D eigenvalue weighted by molar-refractivity contribution is 0.254.